The highest BCUT2D eigenvalue weighted by molar-refractivity contribution is 7.11. The van der Waals surface area contributed by atoms with Crippen molar-refractivity contribution in [1.29, 1.82) is 0 Å². The molecule has 0 aliphatic heterocycles. The molecule has 1 aromatic heterocycles. The minimum atomic E-state index is -4.41. The summed E-state index contributed by atoms with van der Waals surface area (Å²) in [5, 5.41) is 10.3. The molecule has 4 saturated carbocycles. The van der Waals surface area contributed by atoms with E-state index in [9.17, 15) is 18.3 Å². The number of aromatic nitrogens is 1. The molecule has 2 nitrogen and oxygen atoms in total. The Morgan fingerprint density at radius 3 is 2.10 bits per heavy atom. The number of nitrogens with zero attached hydrogens (tertiary/aromatic N) is 1. The first-order valence-corrected chi connectivity index (χ1v) is 7.95. The maximum absolute atomic E-state index is 12.7. The van der Waals surface area contributed by atoms with Crippen LogP contribution in [0.25, 0.3) is 0 Å². The minimum absolute atomic E-state index is 0.125. The van der Waals surface area contributed by atoms with Crippen LogP contribution in [0.1, 0.15) is 42.0 Å². The van der Waals surface area contributed by atoms with Gasteiger partial charge in [-0.05, 0) is 55.8 Å². The Morgan fingerprint density at radius 1 is 1.10 bits per heavy atom. The van der Waals surface area contributed by atoms with Crippen molar-refractivity contribution in [3.8, 4) is 0 Å². The molecule has 4 fully saturated rings. The van der Waals surface area contributed by atoms with Crippen LogP contribution < -0.4 is 0 Å². The van der Waals surface area contributed by atoms with Gasteiger partial charge in [0.25, 0.3) is 0 Å². The molecule has 4 bridgehead atoms. The summed E-state index contributed by atoms with van der Waals surface area (Å²) in [6.07, 6.45) is 1.94. The average molecular weight is 303 g/mol. The number of hydrogen-bond acceptors (Lipinski definition) is 3. The number of halogens is 3. The summed E-state index contributed by atoms with van der Waals surface area (Å²) in [5.41, 5.74) is -1.06. The van der Waals surface area contributed by atoms with E-state index in [0.29, 0.717) is 28.0 Å². The smallest absolute Gasteiger partial charge is 0.384 e. The fraction of sp³-hybridized carbons (Fsp3) is 0.786. The molecular formula is C14H16F3NOS. The normalized spacial score (nSPS) is 43.2. The van der Waals surface area contributed by atoms with Gasteiger partial charge in [0.1, 0.15) is 5.60 Å². The van der Waals surface area contributed by atoms with E-state index in [1.54, 1.807) is 0 Å². The molecule has 1 N–H and O–H groups in total. The van der Waals surface area contributed by atoms with E-state index in [0.717, 1.165) is 25.7 Å². The van der Waals surface area contributed by atoms with E-state index in [4.69, 9.17) is 0 Å². The van der Waals surface area contributed by atoms with Gasteiger partial charge in [-0.2, -0.15) is 13.2 Å². The van der Waals surface area contributed by atoms with Crippen molar-refractivity contribution in [3.05, 3.63) is 16.1 Å². The quantitative estimate of drug-likeness (QED) is 0.856. The predicted molar refractivity (Wildman–Crippen MR) is 68.1 cm³/mol. The van der Waals surface area contributed by atoms with Crippen LogP contribution in [-0.2, 0) is 11.8 Å². The zero-order valence-corrected chi connectivity index (χ0v) is 11.7. The highest BCUT2D eigenvalue weighted by Crippen LogP contribution is 2.62. The topological polar surface area (TPSA) is 33.1 Å². The molecule has 1 heterocycles. The Balaban J connectivity index is 1.72. The summed E-state index contributed by atoms with van der Waals surface area (Å²) in [5.74, 6) is 1.60. The Kier molecular flexibility index (Phi) is 2.60. The zero-order valence-electron chi connectivity index (χ0n) is 10.9. The maximum atomic E-state index is 12.7. The van der Waals surface area contributed by atoms with Gasteiger partial charge in [0.15, 0.2) is 5.01 Å². The molecule has 5 rings (SSSR count). The number of aliphatic hydroxyl groups is 1. The van der Waals surface area contributed by atoms with Gasteiger partial charge in [-0.25, -0.2) is 4.98 Å². The summed E-state index contributed by atoms with van der Waals surface area (Å²) < 4.78 is 38.2. The molecule has 4 aliphatic rings. The fourth-order valence-corrected chi connectivity index (χ4v) is 5.93. The van der Waals surface area contributed by atoms with E-state index in [1.807, 2.05) is 0 Å². The second kappa shape index (κ2) is 3.97. The maximum Gasteiger partial charge on any atom is 0.443 e. The minimum Gasteiger partial charge on any atom is -0.384 e. The van der Waals surface area contributed by atoms with Crippen molar-refractivity contribution < 1.29 is 18.3 Å². The molecule has 0 spiro atoms. The van der Waals surface area contributed by atoms with Crippen LogP contribution in [0.15, 0.2) is 6.20 Å². The SMILES string of the molecule is OC1(c2cnc(C(F)(F)F)s2)C2CC3CC(C2)CC1C3. The molecule has 0 radical (unpaired) electrons. The van der Waals surface area contributed by atoms with Crippen LogP contribution in [0, 0.1) is 23.7 Å². The van der Waals surface area contributed by atoms with E-state index in [-0.39, 0.29) is 11.8 Å². The van der Waals surface area contributed by atoms with Gasteiger partial charge in [0.2, 0.25) is 0 Å². The van der Waals surface area contributed by atoms with Crippen molar-refractivity contribution in [2.24, 2.45) is 23.7 Å². The first-order valence-electron chi connectivity index (χ1n) is 7.13. The van der Waals surface area contributed by atoms with Crippen molar-refractivity contribution in [3.63, 3.8) is 0 Å². The summed E-state index contributed by atoms with van der Waals surface area (Å²) in [6, 6.07) is 0. The van der Waals surface area contributed by atoms with Crippen molar-refractivity contribution in [2.45, 2.75) is 43.9 Å². The first kappa shape index (κ1) is 13.1. The fourth-order valence-electron chi connectivity index (χ4n) is 4.90. The predicted octanol–water partition coefficient (Wildman–Crippen LogP) is 3.81. The van der Waals surface area contributed by atoms with Crippen molar-refractivity contribution >= 4 is 11.3 Å². The monoisotopic (exact) mass is 303 g/mol. The van der Waals surface area contributed by atoms with Crippen molar-refractivity contribution in [2.75, 3.05) is 0 Å². The average Bonchev–Trinajstić information content (AvgIpc) is 2.84. The van der Waals surface area contributed by atoms with Gasteiger partial charge >= 0.3 is 6.18 Å². The molecule has 1 aromatic rings. The molecule has 110 valence electrons. The Bertz CT molecular complexity index is 511. The zero-order chi connectivity index (χ0) is 14.1. The number of hydrogen-bond donors (Lipinski definition) is 1. The van der Waals surface area contributed by atoms with Crippen LogP contribution in [0.2, 0.25) is 0 Å². The lowest BCUT2D eigenvalue weighted by atomic mass is 9.49. The van der Waals surface area contributed by atoms with Crippen LogP contribution in [0.4, 0.5) is 13.2 Å². The van der Waals surface area contributed by atoms with E-state index in [2.05, 4.69) is 4.98 Å². The molecule has 0 atom stereocenters. The van der Waals surface area contributed by atoms with Crippen LogP contribution in [0.3, 0.4) is 0 Å². The van der Waals surface area contributed by atoms with Gasteiger partial charge < -0.3 is 5.11 Å². The molecule has 4 aliphatic carbocycles. The van der Waals surface area contributed by atoms with Crippen LogP contribution >= 0.6 is 11.3 Å². The van der Waals surface area contributed by atoms with Gasteiger partial charge in [-0.3, -0.25) is 0 Å². The van der Waals surface area contributed by atoms with Gasteiger partial charge in [0.05, 0.1) is 4.88 Å². The molecule has 0 unspecified atom stereocenters. The van der Waals surface area contributed by atoms with E-state index < -0.39 is 16.8 Å². The van der Waals surface area contributed by atoms with E-state index >= 15 is 0 Å². The lowest BCUT2D eigenvalue weighted by Crippen LogP contribution is -2.55. The molecule has 20 heavy (non-hydrogen) atoms. The Hall–Kier alpha value is -0.620. The highest BCUT2D eigenvalue weighted by atomic mass is 32.1. The number of thiazole rings is 1. The molecule has 0 aromatic carbocycles. The Morgan fingerprint density at radius 2 is 1.65 bits per heavy atom. The highest BCUT2D eigenvalue weighted by Gasteiger charge is 2.58. The summed E-state index contributed by atoms with van der Waals surface area (Å²) in [4.78, 5) is 3.93. The van der Waals surface area contributed by atoms with Crippen LogP contribution in [-0.4, -0.2) is 10.1 Å². The largest absolute Gasteiger partial charge is 0.443 e. The second-order valence-corrected chi connectivity index (χ2v) is 7.69. The lowest BCUT2D eigenvalue weighted by molar-refractivity contribution is -0.177. The summed E-state index contributed by atoms with van der Waals surface area (Å²) in [6.45, 7) is 0. The van der Waals surface area contributed by atoms with Crippen LogP contribution in [0.5, 0.6) is 0 Å². The lowest BCUT2D eigenvalue weighted by Gasteiger charge is -2.58. The van der Waals surface area contributed by atoms with Gasteiger partial charge in [0, 0.05) is 6.20 Å². The van der Waals surface area contributed by atoms with Gasteiger partial charge in [-0.15, -0.1) is 11.3 Å². The molecular weight excluding hydrogens is 287 g/mol. The summed E-state index contributed by atoms with van der Waals surface area (Å²) >= 11 is 0.632. The standard InChI is InChI=1S/C14H16F3NOS/c15-14(16,17)12-18-6-11(20-12)13(19)9-2-7-1-8(4-9)5-10(13)3-7/h6-10,19H,1-5H2. The number of alkyl halides is 3. The third-order valence-corrected chi connectivity index (χ3v) is 6.71. The van der Waals surface area contributed by atoms with Gasteiger partial charge in [-0.1, -0.05) is 0 Å². The summed E-state index contributed by atoms with van der Waals surface area (Å²) in [7, 11) is 0. The molecule has 0 amide bonds. The second-order valence-electron chi connectivity index (χ2n) is 6.66. The third-order valence-electron chi connectivity index (χ3n) is 5.53. The first-order chi connectivity index (χ1) is 9.37. The number of rotatable bonds is 1. The van der Waals surface area contributed by atoms with Crippen molar-refractivity contribution in [1.82, 2.24) is 4.98 Å². The van der Waals surface area contributed by atoms with E-state index in [1.165, 1.54) is 12.6 Å². The molecule has 6 heteroatoms. The molecule has 0 saturated heterocycles. The Labute approximate surface area is 119 Å². The third kappa shape index (κ3) is 1.70.